The monoisotopic (exact) mass is 364 g/mol. The van der Waals surface area contributed by atoms with Gasteiger partial charge in [0.05, 0.1) is 0 Å². The largest absolute Gasteiger partial charge is 0.484 e. The van der Waals surface area contributed by atoms with E-state index < -0.39 is 0 Å². The van der Waals surface area contributed by atoms with Gasteiger partial charge in [0, 0.05) is 17.1 Å². The van der Waals surface area contributed by atoms with Crippen molar-refractivity contribution in [3.63, 3.8) is 0 Å². The van der Waals surface area contributed by atoms with E-state index in [1.807, 2.05) is 24.3 Å². The third-order valence-corrected chi connectivity index (χ3v) is 3.12. The molecule has 0 aromatic heterocycles. The van der Waals surface area contributed by atoms with E-state index in [0.29, 0.717) is 18.2 Å². The number of hydrogen-bond acceptors (Lipinski definition) is 3. The summed E-state index contributed by atoms with van der Waals surface area (Å²) >= 11 is 3.34. The minimum Gasteiger partial charge on any atom is -0.484 e. The maximum Gasteiger partial charge on any atom is 0.258 e. The molecule has 1 aromatic rings. The highest BCUT2D eigenvalue weighted by Crippen LogP contribution is 2.15. The minimum absolute atomic E-state index is 0. The van der Waals surface area contributed by atoms with Crippen molar-refractivity contribution in [2.75, 3.05) is 13.2 Å². The van der Waals surface area contributed by atoms with E-state index in [4.69, 9.17) is 10.5 Å². The van der Waals surface area contributed by atoms with Crippen LogP contribution in [0.5, 0.6) is 5.75 Å². The van der Waals surface area contributed by atoms with Gasteiger partial charge >= 0.3 is 0 Å². The number of amides is 1. The van der Waals surface area contributed by atoms with Gasteiger partial charge in [-0.15, -0.1) is 12.4 Å². The summed E-state index contributed by atoms with van der Waals surface area (Å²) in [5.74, 6) is 1.03. The predicted molar refractivity (Wildman–Crippen MR) is 87.3 cm³/mol. The van der Waals surface area contributed by atoms with E-state index in [1.165, 1.54) is 0 Å². The summed E-state index contributed by atoms with van der Waals surface area (Å²) in [5, 5.41) is 2.88. The molecule has 0 aliphatic rings. The number of carbonyl (C=O) groups excluding carboxylic acids is 1. The molecule has 114 valence electrons. The van der Waals surface area contributed by atoms with Crippen LogP contribution in [-0.2, 0) is 4.79 Å². The fourth-order valence-electron chi connectivity index (χ4n) is 1.73. The predicted octanol–water partition coefficient (Wildman–Crippen LogP) is 2.74. The van der Waals surface area contributed by atoms with Crippen LogP contribution < -0.4 is 15.8 Å². The van der Waals surface area contributed by atoms with Gasteiger partial charge in [-0.1, -0.05) is 29.8 Å². The van der Waals surface area contributed by atoms with Gasteiger partial charge in [-0.3, -0.25) is 4.79 Å². The molecule has 1 rings (SSSR count). The first-order chi connectivity index (χ1) is 9.01. The van der Waals surface area contributed by atoms with Crippen LogP contribution in [0.4, 0.5) is 0 Å². The Kier molecular flexibility index (Phi) is 9.63. The minimum atomic E-state index is -0.140. The van der Waals surface area contributed by atoms with Gasteiger partial charge in [0.2, 0.25) is 0 Å². The molecule has 0 bridgehead atoms. The van der Waals surface area contributed by atoms with Crippen LogP contribution in [0.3, 0.4) is 0 Å². The van der Waals surface area contributed by atoms with E-state index in [1.54, 1.807) is 0 Å². The molecule has 1 atom stereocenters. The highest BCUT2D eigenvalue weighted by molar-refractivity contribution is 9.10. The van der Waals surface area contributed by atoms with Gasteiger partial charge in [0.1, 0.15) is 5.75 Å². The Morgan fingerprint density at radius 1 is 1.35 bits per heavy atom. The SMILES string of the molecule is CC(C)CC(CN)NC(=O)COc1ccc(Br)cc1.Cl. The van der Waals surface area contributed by atoms with Crippen LogP contribution >= 0.6 is 28.3 Å². The summed E-state index contributed by atoms with van der Waals surface area (Å²) in [4.78, 5) is 11.7. The highest BCUT2D eigenvalue weighted by Gasteiger charge is 2.12. The standard InChI is InChI=1S/C14H21BrN2O2.ClH/c1-10(2)7-12(8-16)17-14(18)9-19-13-5-3-11(15)4-6-13;/h3-6,10,12H,7-9,16H2,1-2H3,(H,17,18);1H. The van der Waals surface area contributed by atoms with E-state index in [2.05, 4.69) is 35.1 Å². The van der Waals surface area contributed by atoms with E-state index in [9.17, 15) is 4.79 Å². The fraction of sp³-hybridized carbons (Fsp3) is 0.500. The van der Waals surface area contributed by atoms with Gasteiger partial charge in [0.15, 0.2) is 6.61 Å². The second kappa shape index (κ2) is 10.0. The smallest absolute Gasteiger partial charge is 0.258 e. The summed E-state index contributed by atoms with van der Waals surface area (Å²) in [6, 6.07) is 7.38. The summed E-state index contributed by atoms with van der Waals surface area (Å²) < 4.78 is 6.38. The van der Waals surface area contributed by atoms with Crippen molar-refractivity contribution < 1.29 is 9.53 Å². The Labute approximate surface area is 135 Å². The van der Waals surface area contributed by atoms with E-state index in [0.717, 1.165) is 10.9 Å². The third kappa shape index (κ3) is 7.72. The van der Waals surface area contributed by atoms with Crippen LogP contribution in [0.2, 0.25) is 0 Å². The van der Waals surface area contributed by atoms with Crippen molar-refractivity contribution in [1.82, 2.24) is 5.32 Å². The Morgan fingerprint density at radius 3 is 2.45 bits per heavy atom. The van der Waals surface area contributed by atoms with E-state index >= 15 is 0 Å². The number of rotatable bonds is 7. The zero-order valence-electron chi connectivity index (χ0n) is 11.8. The third-order valence-electron chi connectivity index (χ3n) is 2.59. The van der Waals surface area contributed by atoms with Crippen molar-refractivity contribution >= 4 is 34.2 Å². The number of benzene rings is 1. The number of nitrogens with one attached hydrogen (secondary N) is 1. The maximum absolute atomic E-state index is 11.7. The Balaban J connectivity index is 0.00000361. The van der Waals surface area contributed by atoms with Crippen molar-refractivity contribution in [3.8, 4) is 5.75 Å². The van der Waals surface area contributed by atoms with Gasteiger partial charge in [-0.05, 0) is 36.6 Å². The molecule has 6 heteroatoms. The van der Waals surface area contributed by atoms with Gasteiger partial charge in [-0.2, -0.15) is 0 Å². The van der Waals surface area contributed by atoms with Gasteiger partial charge in [-0.25, -0.2) is 0 Å². The first-order valence-corrected chi connectivity index (χ1v) is 7.18. The van der Waals surface area contributed by atoms with Gasteiger partial charge in [0.25, 0.3) is 5.91 Å². The molecular formula is C14H22BrClN2O2. The molecule has 0 radical (unpaired) electrons. The lowest BCUT2D eigenvalue weighted by Gasteiger charge is -2.18. The zero-order valence-corrected chi connectivity index (χ0v) is 14.2. The number of halogens is 2. The lowest BCUT2D eigenvalue weighted by atomic mass is 10.0. The average molecular weight is 366 g/mol. The zero-order chi connectivity index (χ0) is 14.3. The number of hydrogen-bond donors (Lipinski definition) is 2. The van der Waals surface area contributed by atoms with E-state index in [-0.39, 0.29) is 31.0 Å². The quantitative estimate of drug-likeness (QED) is 0.781. The number of ether oxygens (including phenoxy) is 1. The van der Waals surface area contributed by atoms with Crippen LogP contribution in [-0.4, -0.2) is 25.1 Å². The van der Waals surface area contributed by atoms with Crippen LogP contribution in [0.25, 0.3) is 0 Å². The van der Waals surface area contributed by atoms with Crippen LogP contribution in [0, 0.1) is 5.92 Å². The molecule has 1 unspecified atom stereocenters. The molecule has 0 spiro atoms. The molecule has 0 saturated carbocycles. The van der Waals surface area contributed by atoms with Gasteiger partial charge < -0.3 is 15.8 Å². The Hall–Kier alpha value is -0.780. The number of nitrogens with two attached hydrogens (primary N) is 1. The molecule has 3 N–H and O–H groups in total. The summed E-state index contributed by atoms with van der Waals surface area (Å²) in [7, 11) is 0. The average Bonchev–Trinajstić information content (AvgIpc) is 2.36. The normalized spacial score (nSPS) is 11.7. The lowest BCUT2D eigenvalue weighted by molar-refractivity contribution is -0.123. The molecule has 1 aromatic carbocycles. The molecular weight excluding hydrogens is 344 g/mol. The first-order valence-electron chi connectivity index (χ1n) is 6.39. The van der Waals surface area contributed by atoms with Crippen molar-refractivity contribution in [1.29, 1.82) is 0 Å². The molecule has 0 saturated heterocycles. The van der Waals surface area contributed by atoms with Crippen LogP contribution in [0.15, 0.2) is 28.7 Å². The highest BCUT2D eigenvalue weighted by atomic mass is 79.9. The second-order valence-corrected chi connectivity index (χ2v) is 5.79. The molecule has 20 heavy (non-hydrogen) atoms. The molecule has 0 heterocycles. The summed E-state index contributed by atoms with van der Waals surface area (Å²) in [6.07, 6.45) is 0.876. The molecule has 0 fully saturated rings. The first kappa shape index (κ1) is 19.2. The Bertz CT molecular complexity index is 399. The molecule has 1 amide bonds. The molecule has 4 nitrogen and oxygen atoms in total. The lowest BCUT2D eigenvalue weighted by Crippen LogP contribution is -2.43. The maximum atomic E-state index is 11.7. The molecule has 0 aliphatic heterocycles. The van der Waals surface area contributed by atoms with Crippen molar-refractivity contribution in [2.45, 2.75) is 26.3 Å². The van der Waals surface area contributed by atoms with Crippen molar-refractivity contribution in [3.05, 3.63) is 28.7 Å². The second-order valence-electron chi connectivity index (χ2n) is 4.87. The number of carbonyl (C=O) groups is 1. The topological polar surface area (TPSA) is 64.3 Å². The fourth-order valence-corrected chi connectivity index (χ4v) is 2.00. The van der Waals surface area contributed by atoms with Crippen molar-refractivity contribution in [2.24, 2.45) is 11.7 Å². The molecule has 0 aliphatic carbocycles. The Morgan fingerprint density at radius 2 is 1.95 bits per heavy atom. The van der Waals surface area contributed by atoms with Crippen LogP contribution in [0.1, 0.15) is 20.3 Å². The summed E-state index contributed by atoms with van der Waals surface area (Å²) in [6.45, 7) is 4.67. The summed E-state index contributed by atoms with van der Waals surface area (Å²) in [5.41, 5.74) is 5.63.